The van der Waals surface area contributed by atoms with Crippen LogP contribution in [0.1, 0.15) is 19.4 Å². The van der Waals surface area contributed by atoms with E-state index in [2.05, 4.69) is 15.1 Å². The number of hydrogen-bond donors (Lipinski definition) is 0. The van der Waals surface area contributed by atoms with Crippen LogP contribution in [0.15, 0.2) is 30.7 Å². The van der Waals surface area contributed by atoms with Gasteiger partial charge in [-0.05, 0) is 32.0 Å². The van der Waals surface area contributed by atoms with Crippen LogP contribution in [-0.4, -0.2) is 26.7 Å². The molecular formula is C15H14N4O2. The van der Waals surface area contributed by atoms with E-state index in [1.807, 2.05) is 38.2 Å². The summed E-state index contributed by atoms with van der Waals surface area (Å²) >= 11 is 0. The molecular weight excluding hydrogens is 268 g/mol. The summed E-state index contributed by atoms with van der Waals surface area (Å²) < 4.78 is 13.2. The van der Waals surface area contributed by atoms with Crippen LogP contribution in [0.5, 0.6) is 11.5 Å². The van der Waals surface area contributed by atoms with Gasteiger partial charge in [0, 0.05) is 17.3 Å². The molecule has 0 N–H and O–H groups in total. The fraction of sp³-hybridized carbons (Fsp3) is 0.267. The molecule has 0 amide bonds. The fourth-order valence-corrected chi connectivity index (χ4v) is 2.72. The molecule has 6 nitrogen and oxygen atoms in total. The Kier molecular flexibility index (Phi) is 2.28. The molecule has 21 heavy (non-hydrogen) atoms. The first-order valence-electron chi connectivity index (χ1n) is 6.67. The first-order valence-corrected chi connectivity index (χ1v) is 6.67. The highest BCUT2D eigenvalue weighted by atomic mass is 16.5. The summed E-state index contributed by atoms with van der Waals surface area (Å²) in [7, 11) is 1.65. The molecule has 0 saturated carbocycles. The van der Waals surface area contributed by atoms with Gasteiger partial charge in [0.2, 0.25) is 0 Å². The van der Waals surface area contributed by atoms with Crippen molar-refractivity contribution in [2.45, 2.75) is 19.4 Å². The second kappa shape index (κ2) is 3.94. The summed E-state index contributed by atoms with van der Waals surface area (Å²) in [5, 5.41) is 4.30. The lowest BCUT2D eigenvalue weighted by atomic mass is 9.91. The van der Waals surface area contributed by atoms with Crippen molar-refractivity contribution in [1.29, 1.82) is 0 Å². The Morgan fingerprint density at radius 1 is 1.24 bits per heavy atom. The van der Waals surface area contributed by atoms with Gasteiger partial charge in [0.15, 0.2) is 0 Å². The van der Waals surface area contributed by atoms with Crippen LogP contribution < -0.4 is 9.47 Å². The predicted octanol–water partition coefficient (Wildman–Crippen LogP) is 2.43. The maximum atomic E-state index is 6.11. The van der Waals surface area contributed by atoms with Crippen molar-refractivity contribution in [2.24, 2.45) is 0 Å². The largest absolute Gasteiger partial charge is 0.497 e. The fourth-order valence-electron chi connectivity index (χ4n) is 2.72. The minimum absolute atomic E-state index is 0.482. The number of ether oxygens (including phenoxy) is 2. The number of hydrogen-bond acceptors (Lipinski definition) is 5. The van der Waals surface area contributed by atoms with Crippen LogP contribution >= 0.6 is 0 Å². The van der Waals surface area contributed by atoms with E-state index in [1.165, 1.54) is 6.33 Å². The summed E-state index contributed by atoms with van der Waals surface area (Å²) in [6.45, 7) is 4.03. The van der Waals surface area contributed by atoms with Gasteiger partial charge >= 0.3 is 0 Å². The highest BCUT2D eigenvalue weighted by Crippen LogP contribution is 2.45. The molecule has 2 aromatic heterocycles. The predicted molar refractivity (Wildman–Crippen MR) is 76.4 cm³/mol. The quantitative estimate of drug-likeness (QED) is 0.686. The third-order valence-corrected chi connectivity index (χ3v) is 3.76. The second-order valence-electron chi connectivity index (χ2n) is 5.47. The molecule has 0 bridgehead atoms. The molecule has 106 valence electrons. The van der Waals surface area contributed by atoms with Gasteiger partial charge in [-0.25, -0.2) is 4.98 Å². The molecule has 1 aliphatic heterocycles. The highest BCUT2D eigenvalue weighted by molar-refractivity contribution is 5.75. The molecule has 0 saturated heterocycles. The lowest BCUT2D eigenvalue weighted by Gasteiger charge is -2.34. The zero-order chi connectivity index (χ0) is 14.6. The van der Waals surface area contributed by atoms with E-state index >= 15 is 0 Å². The smallest absolute Gasteiger partial charge is 0.252 e. The molecule has 0 spiro atoms. The monoisotopic (exact) mass is 282 g/mol. The summed E-state index contributed by atoms with van der Waals surface area (Å²) in [6, 6.07) is 5.76. The summed E-state index contributed by atoms with van der Waals surface area (Å²) in [6.07, 6.45) is 3.31. The molecule has 0 atom stereocenters. The number of benzene rings is 1. The average molecular weight is 282 g/mol. The molecule has 0 aliphatic carbocycles. The Hall–Kier alpha value is -2.63. The van der Waals surface area contributed by atoms with E-state index in [4.69, 9.17) is 9.47 Å². The molecule has 3 heterocycles. The van der Waals surface area contributed by atoms with Crippen LogP contribution in [0.4, 0.5) is 0 Å². The third-order valence-electron chi connectivity index (χ3n) is 3.76. The van der Waals surface area contributed by atoms with Crippen LogP contribution in [0.2, 0.25) is 0 Å². The topological polar surface area (TPSA) is 61.5 Å². The van der Waals surface area contributed by atoms with E-state index in [1.54, 1.807) is 11.6 Å². The molecule has 4 rings (SSSR count). The lowest BCUT2D eigenvalue weighted by Crippen LogP contribution is -2.30. The summed E-state index contributed by atoms with van der Waals surface area (Å²) in [5.74, 6) is 2.14. The number of rotatable bonds is 1. The first-order chi connectivity index (χ1) is 10.1. The van der Waals surface area contributed by atoms with Gasteiger partial charge in [-0.3, -0.25) is 0 Å². The van der Waals surface area contributed by atoms with E-state index in [0.717, 1.165) is 28.3 Å². The van der Waals surface area contributed by atoms with E-state index < -0.39 is 5.60 Å². The Morgan fingerprint density at radius 2 is 2.10 bits per heavy atom. The van der Waals surface area contributed by atoms with E-state index in [0.29, 0.717) is 5.78 Å². The molecule has 3 aromatic rings. The van der Waals surface area contributed by atoms with Gasteiger partial charge < -0.3 is 9.47 Å². The van der Waals surface area contributed by atoms with Gasteiger partial charge in [-0.1, -0.05) is 0 Å². The van der Waals surface area contributed by atoms with Crippen molar-refractivity contribution in [2.75, 3.05) is 7.11 Å². The van der Waals surface area contributed by atoms with Crippen molar-refractivity contribution in [1.82, 2.24) is 19.6 Å². The normalized spacial score (nSPS) is 15.2. The van der Waals surface area contributed by atoms with E-state index in [9.17, 15) is 0 Å². The Balaban J connectivity index is 2.12. The molecule has 0 fully saturated rings. The van der Waals surface area contributed by atoms with Gasteiger partial charge in [-0.15, -0.1) is 0 Å². The average Bonchev–Trinajstić information content (AvgIpc) is 2.94. The molecule has 1 aliphatic rings. The molecule has 0 radical (unpaired) electrons. The summed E-state index contributed by atoms with van der Waals surface area (Å²) in [4.78, 5) is 8.50. The zero-order valence-electron chi connectivity index (χ0n) is 12.0. The number of methoxy groups -OCH3 is 1. The zero-order valence-corrected chi connectivity index (χ0v) is 12.0. The maximum absolute atomic E-state index is 6.11. The van der Waals surface area contributed by atoms with Crippen molar-refractivity contribution in [3.05, 3.63) is 36.3 Å². The standard InChI is InChI=1S/C15H14N4O2/c1-15(2)11-7-16-14-17-8-18-19(14)13(11)10-6-9(20-3)4-5-12(10)21-15/h4-8H,1-3H3. The van der Waals surface area contributed by atoms with E-state index in [-0.39, 0.29) is 0 Å². The minimum Gasteiger partial charge on any atom is -0.497 e. The minimum atomic E-state index is -0.482. The molecule has 1 aromatic carbocycles. The Morgan fingerprint density at radius 3 is 2.90 bits per heavy atom. The second-order valence-corrected chi connectivity index (χ2v) is 5.47. The van der Waals surface area contributed by atoms with Crippen molar-refractivity contribution in [3.63, 3.8) is 0 Å². The van der Waals surface area contributed by atoms with Crippen molar-refractivity contribution < 1.29 is 9.47 Å². The lowest BCUT2D eigenvalue weighted by molar-refractivity contribution is 0.104. The Bertz CT molecular complexity index is 854. The van der Waals surface area contributed by atoms with Gasteiger partial charge in [0.05, 0.1) is 12.8 Å². The SMILES string of the molecule is COc1ccc2c(c1)-c1c(cnc3ncnn13)C(C)(C)O2. The van der Waals surface area contributed by atoms with Gasteiger partial charge in [0.25, 0.3) is 5.78 Å². The number of aromatic nitrogens is 4. The highest BCUT2D eigenvalue weighted by Gasteiger charge is 2.35. The van der Waals surface area contributed by atoms with Crippen LogP contribution in [-0.2, 0) is 5.60 Å². The van der Waals surface area contributed by atoms with Crippen LogP contribution in [0.25, 0.3) is 17.0 Å². The summed E-state index contributed by atoms with van der Waals surface area (Å²) in [5.41, 5.74) is 2.37. The van der Waals surface area contributed by atoms with Crippen molar-refractivity contribution in [3.8, 4) is 22.8 Å². The first kappa shape index (κ1) is 12.1. The van der Waals surface area contributed by atoms with Gasteiger partial charge in [0.1, 0.15) is 23.4 Å². The van der Waals surface area contributed by atoms with Crippen LogP contribution in [0.3, 0.4) is 0 Å². The third kappa shape index (κ3) is 1.62. The molecule has 0 unspecified atom stereocenters. The van der Waals surface area contributed by atoms with Crippen LogP contribution in [0, 0.1) is 0 Å². The Labute approximate surface area is 121 Å². The number of fused-ring (bicyclic) bond motifs is 5. The van der Waals surface area contributed by atoms with Crippen molar-refractivity contribution >= 4 is 5.78 Å². The van der Waals surface area contributed by atoms with Gasteiger partial charge in [-0.2, -0.15) is 14.6 Å². The molecule has 6 heteroatoms. The number of nitrogens with zero attached hydrogens (tertiary/aromatic N) is 4. The maximum Gasteiger partial charge on any atom is 0.252 e.